The van der Waals surface area contributed by atoms with Crippen LogP contribution in [0.25, 0.3) is 0 Å². The van der Waals surface area contributed by atoms with E-state index < -0.39 is 0 Å². The van der Waals surface area contributed by atoms with Gasteiger partial charge in [0, 0.05) is 18.4 Å². The molecule has 0 spiro atoms. The highest BCUT2D eigenvalue weighted by atomic mass is 15.1. The van der Waals surface area contributed by atoms with E-state index in [2.05, 4.69) is 22.7 Å². The van der Waals surface area contributed by atoms with Crippen LogP contribution in [-0.2, 0) is 0 Å². The summed E-state index contributed by atoms with van der Waals surface area (Å²) in [6, 6.07) is 0.580. The van der Waals surface area contributed by atoms with Crippen LogP contribution in [0.2, 0.25) is 0 Å². The number of aromatic nitrogens is 2. The first-order chi connectivity index (χ1) is 7.35. The Kier molecular flexibility index (Phi) is 3.41. The van der Waals surface area contributed by atoms with Crippen molar-refractivity contribution in [2.24, 2.45) is 17.6 Å². The average Bonchev–Trinajstić information content (AvgIpc) is 2.81. The lowest BCUT2D eigenvalue weighted by Gasteiger charge is -2.36. The van der Waals surface area contributed by atoms with E-state index in [4.69, 9.17) is 5.73 Å². The minimum absolute atomic E-state index is 0.580. The van der Waals surface area contributed by atoms with Crippen LogP contribution in [0.1, 0.15) is 38.6 Å². The van der Waals surface area contributed by atoms with E-state index in [-0.39, 0.29) is 0 Å². The summed E-state index contributed by atoms with van der Waals surface area (Å²) in [5, 5.41) is 0. The molecule has 3 unspecified atom stereocenters. The second kappa shape index (κ2) is 4.79. The molecule has 0 amide bonds. The molecule has 3 atom stereocenters. The Morgan fingerprint density at radius 1 is 1.47 bits per heavy atom. The maximum Gasteiger partial charge on any atom is 0.0948 e. The van der Waals surface area contributed by atoms with Crippen molar-refractivity contribution in [1.29, 1.82) is 0 Å². The van der Waals surface area contributed by atoms with Crippen LogP contribution < -0.4 is 5.73 Å². The van der Waals surface area contributed by atoms with Gasteiger partial charge in [-0.3, -0.25) is 0 Å². The molecule has 1 saturated carbocycles. The minimum atomic E-state index is 0.580. The molecule has 1 heterocycles. The van der Waals surface area contributed by atoms with Crippen molar-refractivity contribution >= 4 is 0 Å². The second-order valence-corrected chi connectivity index (χ2v) is 4.66. The van der Waals surface area contributed by atoms with Crippen LogP contribution in [0.3, 0.4) is 0 Å². The highest BCUT2D eigenvalue weighted by Crippen LogP contribution is 2.37. The van der Waals surface area contributed by atoms with E-state index in [9.17, 15) is 0 Å². The number of hydrogen-bond donors (Lipinski definition) is 1. The predicted octanol–water partition coefficient (Wildman–Crippen LogP) is 2.21. The molecule has 2 N–H and O–H groups in total. The maximum atomic E-state index is 5.85. The fraction of sp³-hybridized carbons (Fsp3) is 0.750. The first kappa shape index (κ1) is 10.7. The van der Waals surface area contributed by atoms with Crippen molar-refractivity contribution in [1.82, 2.24) is 9.55 Å². The van der Waals surface area contributed by atoms with Gasteiger partial charge in [0.25, 0.3) is 0 Å². The van der Waals surface area contributed by atoms with Crippen LogP contribution >= 0.6 is 0 Å². The normalized spacial score (nSPS) is 31.7. The molecular formula is C12H21N3. The van der Waals surface area contributed by atoms with E-state index in [1.165, 1.54) is 25.7 Å². The van der Waals surface area contributed by atoms with E-state index in [0.717, 1.165) is 12.5 Å². The summed E-state index contributed by atoms with van der Waals surface area (Å²) in [7, 11) is 0. The van der Waals surface area contributed by atoms with Gasteiger partial charge in [-0.15, -0.1) is 0 Å². The first-order valence-electron chi connectivity index (χ1n) is 6.02. The van der Waals surface area contributed by atoms with Gasteiger partial charge in [-0.2, -0.15) is 0 Å². The molecule has 0 aromatic carbocycles. The van der Waals surface area contributed by atoms with Crippen molar-refractivity contribution in [2.75, 3.05) is 6.54 Å². The Labute approximate surface area is 91.7 Å². The molecule has 3 heteroatoms. The topological polar surface area (TPSA) is 43.8 Å². The van der Waals surface area contributed by atoms with Gasteiger partial charge < -0.3 is 10.3 Å². The fourth-order valence-corrected chi connectivity index (χ4v) is 2.77. The zero-order chi connectivity index (χ0) is 10.7. The summed E-state index contributed by atoms with van der Waals surface area (Å²) in [6.45, 7) is 3.09. The summed E-state index contributed by atoms with van der Waals surface area (Å²) < 4.78 is 2.25. The number of imidazole rings is 1. The minimum Gasteiger partial charge on any atom is -0.334 e. The summed E-state index contributed by atoms with van der Waals surface area (Å²) in [5.74, 6) is 1.52. The molecule has 1 aromatic heterocycles. The van der Waals surface area contributed by atoms with Gasteiger partial charge in [0.2, 0.25) is 0 Å². The number of hydrogen-bond acceptors (Lipinski definition) is 2. The van der Waals surface area contributed by atoms with Gasteiger partial charge in [0.05, 0.1) is 6.33 Å². The van der Waals surface area contributed by atoms with Gasteiger partial charge in [-0.1, -0.05) is 13.3 Å². The number of nitrogens with zero attached hydrogens (tertiary/aromatic N) is 2. The lowest BCUT2D eigenvalue weighted by Crippen LogP contribution is -2.31. The molecule has 0 radical (unpaired) electrons. The SMILES string of the molecule is CCC1CCC(CN)C(n2ccnc2)C1. The van der Waals surface area contributed by atoms with Gasteiger partial charge in [-0.05, 0) is 37.6 Å². The standard InChI is InChI=1S/C12H21N3/c1-2-10-3-4-11(8-13)12(7-10)15-6-5-14-9-15/h5-6,9-12H,2-4,7-8,13H2,1H3. The molecule has 15 heavy (non-hydrogen) atoms. The van der Waals surface area contributed by atoms with E-state index in [1.54, 1.807) is 0 Å². The molecule has 0 aliphatic heterocycles. The Morgan fingerprint density at radius 3 is 2.93 bits per heavy atom. The highest BCUT2D eigenvalue weighted by Gasteiger charge is 2.29. The van der Waals surface area contributed by atoms with Gasteiger partial charge in [-0.25, -0.2) is 4.98 Å². The molecule has 0 bridgehead atoms. The zero-order valence-electron chi connectivity index (χ0n) is 9.47. The Morgan fingerprint density at radius 2 is 2.33 bits per heavy atom. The van der Waals surface area contributed by atoms with Crippen LogP contribution in [0.15, 0.2) is 18.7 Å². The van der Waals surface area contributed by atoms with Crippen LogP contribution in [-0.4, -0.2) is 16.1 Å². The fourth-order valence-electron chi connectivity index (χ4n) is 2.77. The molecule has 1 aliphatic rings. The molecule has 1 aromatic rings. The van der Waals surface area contributed by atoms with Gasteiger partial charge in [0.15, 0.2) is 0 Å². The lowest BCUT2D eigenvalue weighted by atomic mass is 9.77. The second-order valence-electron chi connectivity index (χ2n) is 4.66. The van der Waals surface area contributed by atoms with E-state index in [0.29, 0.717) is 12.0 Å². The zero-order valence-corrected chi connectivity index (χ0v) is 9.47. The van der Waals surface area contributed by atoms with Crippen molar-refractivity contribution in [2.45, 2.75) is 38.6 Å². The first-order valence-corrected chi connectivity index (χ1v) is 6.02. The molecule has 2 rings (SSSR count). The van der Waals surface area contributed by atoms with Gasteiger partial charge in [0.1, 0.15) is 0 Å². The number of nitrogens with two attached hydrogens (primary N) is 1. The highest BCUT2D eigenvalue weighted by molar-refractivity contribution is 4.89. The van der Waals surface area contributed by atoms with E-state index in [1.807, 2.05) is 12.5 Å². The Hall–Kier alpha value is -0.830. The Bertz CT molecular complexity index is 281. The van der Waals surface area contributed by atoms with Crippen molar-refractivity contribution < 1.29 is 0 Å². The monoisotopic (exact) mass is 207 g/mol. The third kappa shape index (κ3) is 2.23. The molecule has 1 aliphatic carbocycles. The lowest BCUT2D eigenvalue weighted by molar-refractivity contribution is 0.184. The molecular weight excluding hydrogens is 186 g/mol. The summed E-state index contributed by atoms with van der Waals surface area (Å²) in [4.78, 5) is 4.14. The molecule has 3 nitrogen and oxygen atoms in total. The molecule has 0 saturated heterocycles. The number of rotatable bonds is 3. The predicted molar refractivity (Wildman–Crippen MR) is 61.4 cm³/mol. The van der Waals surface area contributed by atoms with Crippen LogP contribution in [0, 0.1) is 11.8 Å². The van der Waals surface area contributed by atoms with Crippen molar-refractivity contribution in [3.63, 3.8) is 0 Å². The van der Waals surface area contributed by atoms with Crippen LogP contribution in [0.4, 0.5) is 0 Å². The Balaban J connectivity index is 2.10. The summed E-state index contributed by atoms with van der Waals surface area (Å²) in [5.41, 5.74) is 5.85. The summed E-state index contributed by atoms with van der Waals surface area (Å²) >= 11 is 0. The molecule has 1 fully saturated rings. The largest absolute Gasteiger partial charge is 0.334 e. The van der Waals surface area contributed by atoms with Crippen molar-refractivity contribution in [3.05, 3.63) is 18.7 Å². The smallest absolute Gasteiger partial charge is 0.0948 e. The summed E-state index contributed by atoms with van der Waals surface area (Å²) in [6.07, 6.45) is 11.1. The molecule has 84 valence electrons. The van der Waals surface area contributed by atoms with Crippen LogP contribution in [0.5, 0.6) is 0 Å². The maximum absolute atomic E-state index is 5.85. The average molecular weight is 207 g/mol. The third-order valence-electron chi connectivity index (χ3n) is 3.85. The third-order valence-corrected chi connectivity index (χ3v) is 3.85. The van der Waals surface area contributed by atoms with Crippen molar-refractivity contribution in [3.8, 4) is 0 Å². The quantitative estimate of drug-likeness (QED) is 0.825. The van der Waals surface area contributed by atoms with E-state index >= 15 is 0 Å². The van der Waals surface area contributed by atoms with Gasteiger partial charge >= 0.3 is 0 Å².